The van der Waals surface area contributed by atoms with Gasteiger partial charge in [0, 0.05) is 12.5 Å². The topological polar surface area (TPSA) is 44.8 Å². The molecule has 2 heterocycles. The van der Waals surface area contributed by atoms with E-state index in [-0.39, 0.29) is 24.5 Å². The van der Waals surface area contributed by atoms with Crippen LogP contribution >= 0.6 is 0 Å². The van der Waals surface area contributed by atoms with Gasteiger partial charge in [0.2, 0.25) is 0 Å². The molecule has 4 rings (SSSR count). The maximum absolute atomic E-state index is 11.6. The first-order valence-corrected chi connectivity index (χ1v) is 10.5. The Morgan fingerprint density at radius 3 is 2.85 bits per heavy atom. The van der Waals surface area contributed by atoms with Gasteiger partial charge < -0.3 is 14.2 Å². The molecule has 3 aliphatic rings. The lowest BCUT2D eigenvalue weighted by Crippen LogP contribution is -2.27. The molecule has 0 radical (unpaired) electrons. The summed E-state index contributed by atoms with van der Waals surface area (Å²) in [5.74, 6) is 0.751. The van der Waals surface area contributed by atoms with Gasteiger partial charge in [-0.1, -0.05) is 42.5 Å². The van der Waals surface area contributed by atoms with Crippen molar-refractivity contribution in [2.45, 2.75) is 69.9 Å². The Hall–Kier alpha value is -1.65. The van der Waals surface area contributed by atoms with E-state index in [9.17, 15) is 4.79 Å². The molecule has 1 aromatic rings. The van der Waals surface area contributed by atoms with Crippen LogP contribution in [-0.4, -0.2) is 31.1 Å². The number of hydrogen-bond acceptors (Lipinski definition) is 4. The van der Waals surface area contributed by atoms with Gasteiger partial charge in [-0.05, 0) is 56.4 Å². The van der Waals surface area contributed by atoms with Crippen LogP contribution in [0, 0.1) is 11.8 Å². The lowest BCUT2D eigenvalue weighted by molar-refractivity contribution is -0.179. The summed E-state index contributed by atoms with van der Waals surface area (Å²) in [5, 5.41) is 0. The highest BCUT2D eigenvalue weighted by molar-refractivity contribution is 5.72. The first-order valence-electron chi connectivity index (χ1n) is 10.5. The fraction of sp³-hybridized carbons (Fsp3) is 0.609. The average Bonchev–Trinajstić information content (AvgIpc) is 3.25. The zero-order valence-corrected chi connectivity index (χ0v) is 15.9. The Morgan fingerprint density at radius 1 is 1.15 bits per heavy atom. The van der Waals surface area contributed by atoms with Crippen LogP contribution in [0.4, 0.5) is 0 Å². The lowest BCUT2D eigenvalue weighted by atomic mass is 9.92. The minimum Gasteiger partial charge on any atom is -0.462 e. The van der Waals surface area contributed by atoms with Crippen molar-refractivity contribution in [2.75, 3.05) is 6.61 Å². The molecule has 4 nitrogen and oxygen atoms in total. The number of esters is 1. The van der Waals surface area contributed by atoms with E-state index in [1.165, 1.54) is 12.0 Å². The molecular weight excluding hydrogens is 340 g/mol. The summed E-state index contributed by atoms with van der Waals surface area (Å²) >= 11 is 0. The summed E-state index contributed by atoms with van der Waals surface area (Å²) < 4.78 is 17.5. The number of benzene rings is 1. The van der Waals surface area contributed by atoms with Gasteiger partial charge in [0.25, 0.3) is 0 Å². The molecule has 0 aromatic heterocycles. The Morgan fingerprint density at radius 2 is 2.04 bits per heavy atom. The highest BCUT2D eigenvalue weighted by Crippen LogP contribution is 2.41. The summed E-state index contributed by atoms with van der Waals surface area (Å²) in [6.07, 6.45) is 12.5. The molecule has 1 aromatic carbocycles. The number of ether oxygens (including phenoxy) is 3. The lowest BCUT2D eigenvalue weighted by Gasteiger charge is -2.27. The van der Waals surface area contributed by atoms with Crippen molar-refractivity contribution in [2.24, 2.45) is 11.8 Å². The molecule has 3 fully saturated rings. The van der Waals surface area contributed by atoms with Crippen LogP contribution in [0.3, 0.4) is 0 Å². The summed E-state index contributed by atoms with van der Waals surface area (Å²) in [4.78, 5) is 11.6. The zero-order chi connectivity index (χ0) is 18.5. The maximum Gasteiger partial charge on any atom is 0.306 e. The minimum absolute atomic E-state index is 0.0319. The monoisotopic (exact) mass is 370 g/mol. The zero-order valence-electron chi connectivity index (χ0n) is 15.9. The van der Waals surface area contributed by atoms with E-state index in [4.69, 9.17) is 14.2 Å². The fourth-order valence-corrected chi connectivity index (χ4v) is 4.58. The third kappa shape index (κ3) is 4.99. The van der Waals surface area contributed by atoms with E-state index in [0.717, 1.165) is 45.1 Å². The molecule has 0 N–H and O–H groups in total. The van der Waals surface area contributed by atoms with E-state index >= 15 is 0 Å². The summed E-state index contributed by atoms with van der Waals surface area (Å²) in [6, 6.07) is 10.6. The molecule has 5 atom stereocenters. The van der Waals surface area contributed by atoms with E-state index in [2.05, 4.69) is 42.5 Å². The molecule has 146 valence electrons. The predicted molar refractivity (Wildman–Crippen MR) is 103 cm³/mol. The van der Waals surface area contributed by atoms with Crippen molar-refractivity contribution in [1.29, 1.82) is 0 Å². The van der Waals surface area contributed by atoms with Gasteiger partial charge in [0.15, 0.2) is 6.29 Å². The number of allylic oxidation sites excluding steroid dienone is 1. The van der Waals surface area contributed by atoms with Crippen LogP contribution in [0.5, 0.6) is 0 Å². The molecule has 4 heteroatoms. The molecule has 27 heavy (non-hydrogen) atoms. The normalized spacial score (nSPS) is 31.8. The Labute approximate surface area is 161 Å². The van der Waals surface area contributed by atoms with Crippen molar-refractivity contribution in [3.05, 3.63) is 48.0 Å². The smallest absolute Gasteiger partial charge is 0.306 e. The summed E-state index contributed by atoms with van der Waals surface area (Å²) in [6.45, 7) is 0.797. The van der Waals surface area contributed by atoms with Crippen LogP contribution < -0.4 is 0 Å². The molecular formula is C23H30O4. The van der Waals surface area contributed by atoms with Gasteiger partial charge in [0.05, 0.1) is 12.5 Å². The van der Waals surface area contributed by atoms with Crippen LogP contribution in [0.25, 0.3) is 0 Å². The van der Waals surface area contributed by atoms with Gasteiger partial charge in [-0.15, -0.1) is 0 Å². The molecule has 1 saturated carbocycles. The number of rotatable bonds is 7. The van der Waals surface area contributed by atoms with Crippen LogP contribution in [0.15, 0.2) is 42.5 Å². The molecule has 2 saturated heterocycles. The van der Waals surface area contributed by atoms with E-state index in [1.54, 1.807) is 0 Å². The van der Waals surface area contributed by atoms with Gasteiger partial charge in [-0.2, -0.15) is 0 Å². The van der Waals surface area contributed by atoms with Crippen molar-refractivity contribution in [3.63, 3.8) is 0 Å². The van der Waals surface area contributed by atoms with Gasteiger partial charge in [-0.25, -0.2) is 0 Å². The molecule has 2 aliphatic heterocycles. The number of carbonyl (C=O) groups excluding carboxylic acids is 1. The van der Waals surface area contributed by atoms with Gasteiger partial charge in [0.1, 0.15) is 6.10 Å². The van der Waals surface area contributed by atoms with Crippen LogP contribution in [-0.2, 0) is 25.4 Å². The van der Waals surface area contributed by atoms with Gasteiger partial charge >= 0.3 is 5.97 Å². The Balaban J connectivity index is 1.38. The molecule has 0 bridgehead atoms. The first kappa shape index (κ1) is 18.7. The van der Waals surface area contributed by atoms with Crippen molar-refractivity contribution >= 4 is 5.97 Å². The second kappa shape index (κ2) is 9.03. The van der Waals surface area contributed by atoms with Crippen LogP contribution in [0.2, 0.25) is 0 Å². The standard InChI is InChI=1S/C23H30O4/c24-22-16-20-18(11-14-21(20)27-22)10-13-19(26-23-8-4-5-15-25-23)12-9-17-6-2-1-3-7-17/h1-3,6-7,10,13,18-21,23H,4-5,8-9,11-12,14-16H2/b13-10+/t18-,19-,20+,21?,23?/m0/s1. The van der Waals surface area contributed by atoms with E-state index in [0.29, 0.717) is 18.3 Å². The third-order valence-electron chi connectivity index (χ3n) is 6.09. The number of aryl methyl sites for hydroxylation is 1. The van der Waals surface area contributed by atoms with E-state index < -0.39 is 0 Å². The minimum atomic E-state index is -0.0862. The number of hydrogen-bond donors (Lipinski definition) is 0. The average molecular weight is 370 g/mol. The second-order valence-electron chi connectivity index (χ2n) is 8.02. The fourth-order valence-electron chi connectivity index (χ4n) is 4.58. The number of carbonyl (C=O) groups is 1. The maximum atomic E-state index is 11.6. The highest BCUT2D eigenvalue weighted by Gasteiger charge is 2.43. The molecule has 0 spiro atoms. The van der Waals surface area contributed by atoms with Crippen molar-refractivity contribution < 1.29 is 19.0 Å². The quantitative estimate of drug-likeness (QED) is 0.526. The Bertz CT molecular complexity index is 635. The van der Waals surface area contributed by atoms with Gasteiger partial charge in [-0.3, -0.25) is 4.79 Å². The van der Waals surface area contributed by atoms with Crippen LogP contribution in [0.1, 0.15) is 50.5 Å². The molecule has 2 unspecified atom stereocenters. The summed E-state index contributed by atoms with van der Waals surface area (Å²) in [5.41, 5.74) is 1.33. The molecule has 1 aliphatic carbocycles. The van der Waals surface area contributed by atoms with Crippen molar-refractivity contribution in [3.8, 4) is 0 Å². The largest absolute Gasteiger partial charge is 0.462 e. The Kier molecular flexibility index (Phi) is 6.25. The third-order valence-corrected chi connectivity index (χ3v) is 6.09. The first-order chi connectivity index (χ1) is 13.3. The highest BCUT2D eigenvalue weighted by atomic mass is 16.7. The van der Waals surface area contributed by atoms with Crippen molar-refractivity contribution in [1.82, 2.24) is 0 Å². The SMILES string of the molecule is O=C1C[C@H]2C(CC[C@@H]2/C=C/[C@H](CCc2ccccc2)OC2CCCCO2)O1. The second-order valence-corrected chi connectivity index (χ2v) is 8.02. The van der Waals surface area contributed by atoms with E-state index in [1.807, 2.05) is 0 Å². The molecule has 0 amide bonds. The number of fused-ring (bicyclic) bond motifs is 1. The predicted octanol–water partition coefficient (Wildman–Crippen LogP) is 4.43. The summed E-state index contributed by atoms with van der Waals surface area (Å²) in [7, 11) is 0.